The molecule has 1 amide bonds. The van der Waals surface area contributed by atoms with Crippen molar-refractivity contribution >= 4 is 17.7 Å². The Balaban J connectivity index is 2.08. The van der Waals surface area contributed by atoms with Crippen LogP contribution in [0.25, 0.3) is 0 Å². The SMILES string of the molecule is CCCC1NC(C(C)C)C(=O)N1CC1(SC)CCC1. The molecule has 1 saturated heterocycles. The molecule has 1 N–H and O–H groups in total. The minimum Gasteiger partial charge on any atom is -0.324 e. The van der Waals surface area contributed by atoms with Gasteiger partial charge < -0.3 is 4.90 Å². The van der Waals surface area contributed by atoms with E-state index in [4.69, 9.17) is 0 Å². The standard InChI is InChI=1S/C15H28N2OS/c1-5-7-12-16-13(11(2)3)14(18)17(12)10-15(19-4)8-6-9-15/h11-13,16H,5-10H2,1-4H3. The lowest BCUT2D eigenvalue weighted by molar-refractivity contribution is -0.131. The molecule has 110 valence electrons. The lowest BCUT2D eigenvalue weighted by atomic mass is 9.83. The molecule has 1 saturated carbocycles. The Kier molecular flexibility index (Phi) is 4.83. The van der Waals surface area contributed by atoms with Crippen LogP contribution in [0.15, 0.2) is 0 Å². The first-order chi connectivity index (χ1) is 9.03. The number of hydrogen-bond acceptors (Lipinski definition) is 3. The van der Waals surface area contributed by atoms with Crippen molar-refractivity contribution in [3.05, 3.63) is 0 Å². The summed E-state index contributed by atoms with van der Waals surface area (Å²) >= 11 is 1.96. The van der Waals surface area contributed by atoms with Crippen LogP contribution < -0.4 is 5.32 Å². The zero-order valence-corrected chi connectivity index (χ0v) is 13.6. The lowest BCUT2D eigenvalue weighted by Gasteiger charge is -2.44. The number of hydrogen-bond donors (Lipinski definition) is 1. The zero-order chi connectivity index (χ0) is 14.0. The summed E-state index contributed by atoms with van der Waals surface area (Å²) in [5, 5.41) is 3.55. The average molecular weight is 284 g/mol. The molecule has 0 aromatic heterocycles. The Morgan fingerprint density at radius 1 is 1.47 bits per heavy atom. The minimum atomic E-state index is 0.0236. The second-order valence-electron chi connectivity index (χ2n) is 6.40. The molecule has 0 radical (unpaired) electrons. The van der Waals surface area contributed by atoms with Gasteiger partial charge in [0, 0.05) is 11.3 Å². The second-order valence-corrected chi connectivity index (χ2v) is 7.67. The quantitative estimate of drug-likeness (QED) is 0.814. The van der Waals surface area contributed by atoms with Crippen LogP contribution in [0.5, 0.6) is 0 Å². The molecule has 2 fully saturated rings. The van der Waals surface area contributed by atoms with E-state index in [0.717, 1.165) is 19.4 Å². The number of carbonyl (C=O) groups excluding carboxylic acids is 1. The molecule has 0 aromatic carbocycles. The van der Waals surface area contributed by atoms with Gasteiger partial charge >= 0.3 is 0 Å². The predicted molar refractivity (Wildman–Crippen MR) is 82.3 cm³/mol. The maximum Gasteiger partial charge on any atom is 0.241 e. The fourth-order valence-electron chi connectivity index (χ4n) is 3.19. The highest BCUT2D eigenvalue weighted by Crippen LogP contribution is 2.44. The highest BCUT2D eigenvalue weighted by molar-refractivity contribution is 8.00. The van der Waals surface area contributed by atoms with Gasteiger partial charge in [-0.15, -0.1) is 0 Å². The molecule has 1 aliphatic heterocycles. The lowest BCUT2D eigenvalue weighted by Crippen LogP contribution is -2.49. The van der Waals surface area contributed by atoms with Crippen molar-refractivity contribution in [3.63, 3.8) is 0 Å². The fourth-order valence-corrected chi connectivity index (χ4v) is 4.15. The molecular formula is C15H28N2OS. The average Bonchev–Trinajstić information content (AvgIpc) is 2.62. The van der Waals surface area contributed by atoms with E-state index in [9.17, 15) is 4.79 Å². The van der Waals surface area contributed by atoms with Crippen LogP contribution in [0.1, 0.15) is 52.9 Å². The Morgan fingerprint density at radius 2 is 2.16 bits per heavy atom. The number of rotatable bonds is 6. The minimum absolute atomic E-state index is 0.0236. The van der Waals surface area contributed by atoms with Gasteiger partial charge in [-0.2, -0.15) is 11.8 Å². The molecule has 2 atom stereocenters. The van der Waals surface area contributed by atoms with Crippen LogP contribution in [0.4, 0.5) is 0 Å². The first-order valence-electron chi connectivity index (χ1n) is 7.64. The molecular weight excluding hydrogens is 256 g/mol. The number of amides is 1. The first kappa shape index (κ1) is 15.2. The molecule has 0 spiro atoms. The Labute approximate surface area is 121 Å². The zero-order valence-electron chi connectivity index (χ0n) is 12.7. The molecule has 0 aromatic rings. The highest BCUT2D eigenvalue weighted by atomic mass is 32.2. The third-order valence-corrected chi connectivity index (χ3v) is 6.09. The first-order valence-corrected chi connectivity index (χ1v) is 8.87. The van der Waals surface area contributed by atoms with E-state index in [1.807, 2.05) is 11.8 Å². The summed E-state index contributed by atoms with van der Waals surface area (Å²) in [6, 6.07) is 0.0236. The van der Waals surface area contributed by atoms with Gasteiger partial charge in [0.2, 0.25) is 5.91 Å². The molecule has 2 unspecified atom stereocenters. The molecule has 0 bridgehead atoms. The predicted octanol–water partition coefficient (Wildman–Crippen LogP) is 2.85. The van der Waals surface area contributed by atoms with Crippen LogP contribution in [-0.2, 0) is 4.79 Å². The molecule has 4 heteroatoms. The van der Waals surface area contributed by atoms with Gasteiger partial charge in [0.05, 0.1) is 12.2 Å². The van der Waals surface area contributed by atoms with Crippen LogP contribution in [0, 0.1) is 5.92 Å². The Hall–Kier alpha value is -0.220. The second kappa shape index (κ2) is 6.04. The van der Waals surface area contributed by atoms with E-state index >= 15 is 0 Å². The molecule has 2 aliphatic rings. The van der Waals surface area contributed by atoms with Gasteiger partial charge in [-0.05, 0) is 31.4 Å². The Morgan fingerprint density at radius 3 is 2.58 bits per heavy atom. The van der Waals surface area contributed by atoms with Gasteiger partial charge in [0.1, 0.15) is 0 Å². The maximum atomic E-state index is 12.6. The third kappa shape index (κ3) is 2.94. The summed E-state index contributed by atoms with van der Waals surface area (Å²) in [6.07, 6.45) is 8.50. The Bertz CT molecular complexity index is 323. The maximum absolute atomic E-state index is 12.6. The van der Waals surface area contributed by atoms with Gasteiger partial charge in [0.15, 0.2) is 0 Å². The molecule has 19 heavy (non-hydrogen) atoms. The largest absolute Gasteiger partial charge is 0.324 e. The number of nitrogens with zero attached hydrogens (tertiary/aromatic N) is 1. The van der Waals surface area contributed by atoms with Crippen molar-refractivity contribution in [2.45, 2.75) is 69.8 Å². The highest BCUT2D eigenvalue weighted by Gasteiger charge is 2.45. The summed E-state index contributed by atoms with van der Waals surface area (Å²) in [5.41, 5.74) is 0. The van der Waals surface area contributed by atoms with Crippen LogP contribution in [0.2, 0.25) is 0 Å². The molecule has 1 heterocycles. The van der Waals surface area contributed by atoms with E-state index in [2.05, 4.69) is 37.2 Å². The van der Waals surface area contributed by atoms with Gasteiger partial charge in [0.25, 0.3) is 0 Å². The fraction of sp³-hybridized carbons (Fsp3) is 0.933. The topological polar surface area (TPSA) is 32.3 Å². The van der Waals surface area contributed by atoms with Crippen molar-refractivity contribution in [2.75, 3.05) is 12.8 Å². The van der Waals surface area contributed by atoms with E-state index in [-0.39, 0.29) is 12.2 Å². The summed E-state index contributed by atoms with van der Waals surface area (Å²) in [7, 11) is 0. The van der Waals surface area contributed by atoms with E-state index < -0.39 is 0 Å². The number of carbonyl (C=O) groups is 1. The van der Waals surface area contributed by atoms with Crippen molar-refractivity contribution in [1.29, 1.82) is 0 Å². The van der Waals surface area contributed by atoms with Gasteiger partial charge in [-0.25, -0.2) is 0 Å². The smallest absolute Gasteiger partial charge is 0.241 e. The molecule has 3 nitrogen and oxygen atoms in total. The van der Waals surface area contributed by atoms with Gasteiger partial charge in [-0.3, -0.25) is 10.1 Å². The van der Waals surface area contributed by atoms with Crippen molar-refractivity contribution < 1.29 is 4.79 Å². The summed E-state index contributed by atoms with van der Waals surface area (Å²) in [6.45, 7) is 7.40. The number of nitrogens with one attached hydrogen (secondary N) is 1. The van der Waals surface area contributed by atoms with Crippen LogP contribution in [0.3, 0.4) is 0 Å². The van der Waals surface area contributed by atoms with Gasteiger partial charge in [-0.1, -0.05) is 33.6 Å². The van der Waals surface area contributed by atoms with Crippen molar-refractivity contribution in [3.8, 4) is 0 Å². The normalized spacial score (nSPS) is 29.9. The number of thioether (sulfide) groups is 1. The van der Waals surface area contributed by atoms with Crippen molar-refractivity contribution in [1.82, 2.24) is 10.2 Å². The summed E-state index contributed by atoms with van der Waals surface area (Å²) in [4.78, 5) is 14.8. The van der Waals surface area contributed by atoms with Crippen LogP contribution >= 0.6 is 11.8 Å². The van der Waals surface area contributed by atoms with Crippen LogP contribution in [-0.4, -0.2) is 40.6 Å². The summed E-state index contributed by atoms with van der Waals surface area (Å²) < 4.78 is 0.342. The van der Waals surface area contributed by atoms with E-state index in [1.165, 1.54) is 19.3 Å². The summed E-state index contributed by atoms with van der Waals surface area (Å²) in [5.74, 6) is 0.706. The third-order valence-electron chi connectivity index (χ3n) is 4.68. The monoisotopic (exact) mass is 284 g/mol. The van der Waals surface area contributed by atoms with E-state index in [0.29, 0.717) is 16.6 Å². The van der Waals surface area contributed by atoms with Crippen molar-refractivity contribution in [2.24, 2.45) is 5.92 Å². The molecule has 1 aliphatic carbocycles. The molecule has 2 rings (SSSR count). The van der Waals surface area contributed by atoms with E-state index in [1.54, 1.807) is 0 Å².